The van der Waals surface area contributed by atoms with Crippen molar-refractivity contribution in [2.24, 2.45) is 5.92 Å². The van der Waals surface area contributed by atoms with E-state index < -0.39 is 0 Å². The van der Waals surface area contributed by atoms with E-state index in [-0.39, 0.29) is 12.0 Å². The minimum absolute atomic E-state index is 0.209. The molecule has 2 N–H and O–H groups in total. The molecule has 88 valence electrons. The highest BCUT2D eigenvalue weighted by Gasteiger charge is 2.24. The van der Waals surface area contributed by atoms with Crippen LogP contribution in [0, 0.1) is 5.92 Å². The maximum Gasteiger partial charge on any atom is 0.355 e. The number of hydrogen-bond donors (Lipinski definition) is 1. The van der Waals surface area contributed by atoms with Crippen LogP contribution in [0.3, 0.4) is 0 Å². The number of nitrogens with two attached hydrogens (primary N) is 1. The molecule has 2 rings (SSSR count). The van der Waals surface area contributed by atoms with Gasteiger partial charge in [0, 0.05) is 12.2 Å². The fraction of sp³-hybridized carbons (Fsp3) is 0.583. The van der Waals surface area contributed by atoms with Crippen molar-refractivity contribution in [2.75, 3.05) is 12.3 Å². The molecule has 0 atom stereocenters. The summed E-state index contributed by atoms with van der Waals surface area (Å²) < 4.78 is 7.09. The molecule has 4 nitrogen and oxygen atoms in total. The van der Waals surface area contributed by atoms with E-state index in [4.69, 9.17) is 10.5 Å². The first-order valence-electron chi connectivity index (χ1n) is 5.72. The summed E-state index contributed by atoms with van der Waals surface area (Å²) >= 11 is 0. The Morgan fingerprint density at radius 3 is 2.88 bits per heavy atom. The lowest BCUT2D eigenvalue weighted by Crippen LogP contribution is -2.14. The van der Waals surface area contributed by atoms with Crippen LogP contribution in [0.4, 0.5) is 5.69 Å². The highest BCUT2D eigenvalue weighted by atomic mass is 16.5. The summed E-state index contributed by atoms with van der Waals surface area (Å²) in [6.45, 7) is 4.57. The zero-order valence-electron chi connectivity index (χ0n) is 9.77. The van der Waals surface area contributed by atoms with Gasteiger partial charge in [-0.3, -0.25) is 0 Å². The molecular formula is C12H18N2O2. The van der Waals surface area contributed by atoms with Gasteiger partial charge >= 0.3 is 5.97 Å². The largest absolute Gasteiger partial charge is 0.461 e. The average Bonchev–Trinajstić information content (AvgIpc) is 2.96. The van der Waals surface area contributed by atoms with Crippen LogP contribution in [0.25, 0.3) is 0 Å². The van der Waals surface area contributed by atoms with E-state index in [0.29, 0.717) is 23.9 Å². The predicted octanol–water partition coefficient (Wildman–Crippen LogP) is 2.22. The number of carbonyl (C=O) groups excluding carboxylic acids is 1. The second-order valence-corrected chi connectivity index (χ2v) is 4.70. The summed E-state index contributed by atoms with van der Waals surface area (Å²) in [4.78, 5) is 11.8. The Kier molecular flexibility index (Phi) is 2.90. The van der Waals surface area contributed by atoms with E-state index in [1.54, 1.807) is 12.3 Å². The van der Waals surface area contributed by atoms with Crippen LogP contribution >= 0.6 is 0 Å². The number of esters is 1. The van der Waals surface area contributed by atoms with Gasteiger partial charge in [0.15, 0.2) is 0 Å². The van der Waals surface area contributed by atoms with Crippen LogP contribution in [-0.2, 0) is 4.74 Å². The van der Waals surface area contributed by atoms with Gasteiger partial charge in [-0.25, -0.2) is 4.79 Å². The molecule has 1 fully saturated rings. The molecule has 1 heterocycles. The number of carbonyl (C=O) groups is 1. The Bertz CT molecular complexity index is 392. The first-order chi connectivity index (χ1) is 7.58. The van der Waals surface area contributed by atoms with Crippen molar-refractivity contribution >= 4 is 11.7 Å². The quantitative estimate of drug-likeness (QED) is 0.795. The molecule has 0 aromatic carbocycles. The number of aromatic nitrogens is 1. The topological polar surface area (TPSA) is 57.2 Å². The molecule has 1 aromatic rings. The lowest BCUT2D eigenvalue weighted by Gasteiger charge is -2.11. The van der Waals surface area contributed by atoms with E-state index in [1.165, 1.54) is 12.8 Å². The highest BCUT2D eigenvalue weighted by Crippen LogP contribution is 2.29. The first-order valence-corrected chi connectivity index (χ1v) is 5.72. The smallest absolute Gasteiger partial charge is 0.355 e. The number of nitrogens with zero attached hydrogens (tertiary/aromatic N) is 1. The van der Waals surface area contributed by atoms with Crippen molar-refractivity contribution in [1.82, 2.24) is 4.57 Å². The number of rotatable bonds is 4. The summed E-state index contributed by atoms with van der Waals surface area (Å²) in [6, 6.07) is 1.88. The number of hydrogen-bond acceptors (Lipinski definition) is 3. The third-order valence-corrected chi connectivity index (χ3v) is 2.78. The zero-order chi connectivity index (χ0) is 11.7. The van der Waals surface area contributed by atoms with Crippen LogP contribution in [0.5, 0.6) is 0 Å². The van der Waals surface area contributed by atoms with Gasteiger partial charge in [-0.05, 0) is 38.7 Å². The summed E-state index contributed by atoms with van der Waals surface area (Å²) in [5.41, 5.74) is 6.85. The van der Waals surface area contributed by atoms with Crippen LogP contribution < -0.4 is 5.73 Å². The monoisotopic (exact) mass is 222 g/mol. The third-order valence-electron chi connectivity index (χ3n) is 2.78. The molecule has 0 saturated heterocycles. The molecule has 1 aliphatic carbocycles. The van der Waals surface area contributed by atoms with E-state index in [2.05, 4.69) is 0 Å². The highest BCUT2D eigenvalue weighted by molar-refractivity contribution is 5.89. The Balaban J connectivity index is 2.07. The SMILES string of the molecule is CC(C)n1cc(N)cc1C(=O)OCC1CC1. The van der Waals surface area contributed by atoms with Crippen LogP contribution in [0.2, 0.25) is 0 Å². The van der Waals surface area contributed by atoms with Gasteiger partial charge in [-0.1, -0.05) is 0 Å². The van der Waals surface area contributed by atoms with Crippen LogP contribution in [-0.4, -0.2) is 17.1 Å². The first kappa shape index (κ1) is 11.0. The van der Waals surface area contributed by atoms with Gasteiger partial charge in [0.2, 0.25) is 0 Å². The van der Waals surface area contributed by atoms with E-state index in [0.717, 1.165) is 0 Å². The zero-order valence-corrected chi connectivity index (χ0v) is 9.77. The van der Waals surface area contributed by atoms with Gasteiger partial charge in [-0.2, -0.15) is 0 Å². The van der Waals surface area contributed by atoms with Crippen molar-refractivity contribution in [1.29, 1.82) is 0 Å². The molecular weight excluding hydrogens is 204 g/mol. The molecule has 0 unspecified atom stereocenters. The van der Waals surface area contributed by atoms with Gasteiger partial charge < -0.3 is 15.0 Å². The maximum atomic E-state index is 11.8. The van der Waals surface area contributed by atoms with Gasteiger partial charge in [-0.15, -0.1) is 0 Å². The fourth-order valence-electron chi connectivity index (χ4n) is 1.64. The number of nitrogen functional groups attached to an aromatic ring is 1. The van der Waals surface area contributed by atoms with Crippen molar-refractivity contribution in [3.63, 3.8) is 0 Å². The maximum absolute atomic E-state index is 11.8. The third kappa shape index (κ3) is 2.38. The minimum Gasteiger partial charge on any atom is -0.461 e. The summed E-state index contributed by atoms with van der Waals surface area (Å²) in [6.07, 6.45) is 4.14. The van der Waals surface area contributed by atoms with Crippen LogP contribution in [0.1, 0.15) is 43.2 Å². The Hall–Kier alpha value is -1.45. The molecule has 1 saturated carbocycles. The van der Waals surface area contributed by atoms with Crippen molar-refractivity contribution in [3.8, 4) is 0 Å². The second kappa shape index (κ2) is 4.20. The van der Waals surface area contributed by atoms with E-state index in [9.17, 15) is 4.79 Å². The molecule has 0 radical (unpaired) electrons. The number of anilines is 1. The van der Waals surface area contributed by atoms with Crippen molar-refractivity contribution in [2.45, 2.75) is 32.7 Å². The molecule has 16 heavy (non-hydrogen) atoms. The summed E-state index contributed by atoms with van der Waals surface area (Å²) in [7, 11) is 0. The normalized spacial score (nSPS) is 15.4. The lowest BCUT2D eigenvalue weighted by atomic mass is 10.3. The predicted molar refractivity (Wildman–Crippen MR) is 62.2 cm³/mol. The molecule has 0 spiro atoms. The summed E-state index contributed by atoms with van der Waals surface area (Å²) in [5.74, 6) is 0.320. The molecule has 1 aromatic heterocycles. The average molecular weight is 222 g/mol. The van der Waals surface area contributed by atoms with Crippen molar-refractivity contribution in [3.05, 3.63) is 18.0 Å². The molecule has 0 bridgehead atoms. The minimum atomic E-state index is -0.266. The standard InChI is InChI=1S/C12H18N2O2/c1-8(2)14-6-10(13)5-11(14)12(15)16-7-9-3-4-9/h5-6,8-9H,3-4,7,13H2,1-2H3. The molecule has 4 heteroatoms. The second-order valence-electron chi connectivity index (χ2n) is 4.70. The molecule has 1 aliphatic rings. The van der Waals surface area contributed by atoms with E-state index in [1.807, 2.05) is 18.4 Å². The van der Waals surface area contributed by atoms with Crippen molar-refractivity contribution < 1.29 is 9.53 Å². The fourth-order valence-corrected chi connectivity index (χ4v) is 1.64. The van der Waals surface area contributed by atoms with Crippen LogP contribution in [0.15, 0.2) is 12.3 Å². The van der Waals surface area contributed by atoms with E-state index >= 15 is 0 Å². The summed E-state index contributed by atoms with van der Waals surface area (Å²) in [5, 5.41) is 0. The number of ether oxygens (including phenoxy) is 1. The molecule has 0 amide bonds. The van der Waals surface area contributed by atoms with Gasteiger partial charge in [0.25, 0.3) is 0 Å². The lowest BCUT2D eigenvalue weighted by molar-refractivity contribution is 0.0472. The Labute approximate surface area is 95.4 Å². The van der Waals surface area contributed by atoms with Gasteiger partial charge in [0.05, 0.1) is 12.3 Å². The Morgan fingerprint density at radius 1 is 1.62 bits per heavy atom. The molecule has 0 aliphatic heterocycles. The van der Waals surface area contributed by atoms with Gasteiger partial charge in [0.1, 0.15) is 5.69 Å². The Morgan fingerprint density at radius 2 is 2.31 bits per heavy atom.